The summed E-state index contributed by atoms with van der Waals surface area (Å²) in [7, 11) is 0. The number of carbonyl (C=O) groups is 3. The van der Waals surface area contributed by atoms with E-state index in [2.05, 4.69) is 0 Å². The molecular formula is C18H17FN2O4. The SMILES string of the molecule is O=C(O)C1C(=O)c2cc(F)c(N3CC4CC4C3)cc2N(C2CC2)C1=O. The number of rotatable bonds is 3. The lowest BCUT2D eigenvalue weighted by Gasteiger charge is -2.33. The monoisotopic (exact) mass is 344 g/mol. The normalized spacial score (nSPS) is 30.4. The van der Waals surface area contributed by atoms with Gasteiger partial charge in [-0.2, -0.15) is 0 Å². The van der Waals surface area contributed by atoms with Crippen LogP contribution in [0, 0.1) is 23.6 Å². The van der Waals surface area contributed by atoms with Crippen molar-refractivity contribution in [2.24, 2.45) is 17.8 Å². The van der Waals surface area contributed by atoms with Gasteiger partial charge in [-0.1, -0.05) is 0 Å². The lowest BCUT2D eigenvalue weighted by Crippen LogP contribution is -2.49. The maximum Gasteiger partial charge on any atom is 0.324 e. The highest BCUT2D eigenvalue weighted by atomic mass is 19.1. The summed E-state index contributed by atoms with van der Waals surface area (Å²) in [6.45, 7) is 1.59. The summed E-state index contributed by atoms with van der Waals surface area (Å²) >= 11 is 0. The minimum atomic E-state index is -1.77. The highest BCUT2D eigenvalue weighted by Gasteiger charge is 2.50. The van der Waals surface area contributed by atoms with Crippen molar-refractivity contribution in [3.05, 3.63) is 23.5 Å². The molecule has 0 radical (unpaired) electrons. The van der Waals surface area contributed by atoms with Crippen LogP contribution in [0.15, 0.2) is 12.1 Å². The predicted molar refractivity (Wildman–Crippen MR) is 86.2 cm³/mol. The van der Waals surface area contributed by atoms with E-state index in [0.29, 0.717) is 23.2 Å². The maximum absolute atomic E-state index is 14.7. The maximum atomic E-state index is 14.7. The third-order valence-electron chi connectivity index (χ3n) is 5.82. The number of carbonyl (C=O) groups excluding carboxylic acids is 2. The van der Waals surface area contributed by atoms with Crippen LogP contribution in [0.25, 0.3) is 0 Å². The average molecular weight is 344 g/mol. The number of nitrogens with zero attached hydrogens (tertiary/aromatic N) is 2. The van der Waals surface area contributed by atoms with Gasteiger partial charge >= 0.3 is 5.97 Å². The van der Waals surface area contributed by atoms with Gasteiger partial charge in [-0.3, -0.25) is 14.4 Å². The molecule has 6 nitrogen and oxygen atoms in total. The smallest absolute Gasteiger partial charge is 0.324 e. The second-order valence-electron chi connectivity index (χ2n) is 7.56. The van der Waals surface area contributed by atoms with E-state index < -0.39 is 29.4 Å². The highest BCUT2D eigenvalue weighted by molar-refractivity contribution is 6.30. The molecule has 2 aliphatic carbocycles. The van der Waals surface area contributed by atoms with Crippen molar-refractivity contribution in [3.63, 3.8) is 0 Å². The third kappa shape index (κ3) is 2.11. The summed E-state index contributed by atoms with van der Waals surface area (Å²) in [5.41, 5.74) is 0.780. The molecule has 1 aromatic carbocycles. The van der Waals surface area contributed by atoms with Gasteiger partial charge in [-0.15, -0.1) is 0 Å². The van der Waals surface area contributed by atoms with Gasteiger partial charge in [-0.05, 0) is 43.2 Å². The Morgan fingerprint density at radius 2 is 1.80 bits per heavy atom. The number of amides is 1. The van der Waals surface area contributed by atoms with E-state index >= 15 is 0 Å². The van der Waals surface area contributed by atoms with E-state index in [1.807, 2.05) is 4.90 Å². The van der Waals surface area contributed by atoms with Gasteiger partial charge in [-0.25, -0.2) is 4.39 Å². The van der Waals surface area contributed by atoms with Crippen molar-refractivity contribution in [2.75, 3.05) is 22.9 Å². The van der Waals surface area contributed by atoms with E-state index in [1.165, 1.54) is 11.3 Å². The molecular weight excluding hydrogens is 327 g/mol. The van der Waals surface area contributed by atoms with Crippen LogP contribution in [0.5, 0.6) is 0 Å². The van der Waals surface area contributed by atoms with Crippen molar-refractivity contribution >= 4 is 29.0 Å². The first-order valence-corrected chi connectivity index (χ1v) is 8.64. The number of ketones is 1. The van der Waals surface area contributed by atoms with Crippen LogP contribution in [0.4, 0.5) is 15.8 Å². The average Bonchev–Trinajstić information content (AvgIpc) is 3.47. The lowest BCUT2D eigenvalue weighted by molar-refractivity contribution is -0.144. The molecule has 0 spiro atoms. The summed E-state index contributed by atoms with van der Waals surface area (Å²) in [6.07, 6.45) is 2.73. The molecule has 3 atom stereocenters. The standard InChI is InChI=1S/C18H17FN2O4/c19-12-4-11-13(5-14(12)20-6-8-3-9(8)7-20)21(10-1-2-10)17(23)15(16(11)22)18(24)25/h4-5,8-10,15H,1-3,6-7H2,(H,24,25). The molecule has 7 heteroatoms. The van der Waals surface area contributed by atoms with Gasteiger partial charge < -0.3 is 14.9 Å². The summed E-state index contributed by atoms with van der Waals surface area (Å²) < 4.78 is 14.7. The molecule has 1 N–H and O–H groups in total. The largest absolute Gasteiger partial charge is 0.480 e. The summed E-state index contributed by atoms with van der Waals surface area (Å²) in [5.74, 6) is -4.05. The van der Waals surface area contributed by atoms with Crippen LogP contribution in [0.3, 0.4) is 0 Å². The number of hydrogen-bond donors (Lipinski definition) is 1. The minimum absolute atomic E-state index is 0.00417. The van der Waals surface area contributed by atoms with Crippen LogP contribution in [0.1, 0.15) is 29.6 Å². The van der Waals surface area contributed by atoms with Crippen LogP contribution < -0.4 is 9.80 Å². The summed E-state index contributed by atoms with van der Waals surface area (Å²) in [5, 5.41) is 9.28. The zero-order chi connectivity index (χ0) is 17.5. The van der Waals surface area contributed by atoms with Crippen molar-refractivity contribution in [1.82, 2.24) is 0 Å². The first-order chi connectivity index (χ1) is 12.0. The molecule has 2 saturated carbocycles. The van der Waals surface area contributed by atoms with Gasteiger partial charge in [0, 0.05) is 24.7 Å². The number of fused-ring (bicyclic) bond motifs is 2. The van der Waals surface area contributed by atoms with E-state index in [-0.39, 0.29) is 11.6 Å². The van der Waals surface area contributed by atoms with E-state index in [4.69, 9.17) is 0 Å². The third-order valence-corrected chi connectivity index (χ3v) is 5.82. The number of hydrogen-bond acceptors (Lipinski definition) is 4. The van der Waals surface area contributed by atoms with Gasteiger partial charge in [0.1, 0.15) is 5.82 Å². The number of carboxylic acids is 1. The number of anilines is 2. The minimum Gasteiger partial charge on any atom is -0.480 e. The molecule has 4 aliphatic rings. The summed E-state index contributed by atoms with van der Waals surface area (Å²) in [4.78, 5) is 39.9. The molecule has 1 amide bonds. The Balaban J connectivity index is 1.62. The molecule has 5 rings (SSSR count). The number of halogens is 1. The Kier molecular flexibility index (Phi) is 2.86. The molecule has 3 unspecified atom stereocenters. The Bertz CT molecular complexity index is 825. The molecule has 1 aromatic rings. The van der Waals surface area contributed by atoms with Gasteiger partial charge in [0.25, 0.3) is 0 Å². The van der Waals surface area contributed by atoms with Crippen molar-refractivity contribution in [3.8, 4) is 0 Å². The number of Topliss-reactive ketones (excluding diaryl/α,β-unsaturated/α-hetero) is 1. The fourth-order valence-electron chi connectivity index (χ4n) is 4.24. The Labute approximate surface area is 143 Å². The second-order valence-corrected chi connectivity index (χ2v) is 7.56. The van der Waals surface area contributed by atoms with Crippen molar-refractivity contribution < 1.29 is 23.9 Å². The molecule has 1 saturated heterocycles. The molecule has 25 heavy (non-hydrogen) atoms. The number of carboxylic acid groups (broad SMARTS) is 1. The zero-order valence-electron chi connectivity index (χ0n) is 13.4. The lowest BCUT2D eigenvalue weighted by atomic mass is 9.89. The number of benzene rings is 1. The van der Waals surface area contributed by atoms with Crippen LogP contribution in [0.2, 0.25) is 0 Å². The molecule has 0 aromatic heterocycles. The van der Waals surface area contributed by atoms with Crippen molar-refractivity contribution in [1.29, 1.82) is 0 Å². The van der Waals surface area contributed by atoms with Gasteiger partial charge in [0.05, 0.1) is 11.4 Å². The Morgan fingerprint density at radius 3 is 2.40 bits per heavy atom. The zero-order valence-corrected chi connectivity index (χ0v) is 13.4. The molecule has 2 heterocycles. The number of aliphatic carboxylic acids is 1. The van der Waals surface area contributed by atoms with E-state index in [0.717, 1.165) is 32.0 Å². The van der Waals surface area contributed by atoms with Crippen molar-refractivity contribution in [2.45, 2.75) is 25.3 Å². The van der Waals surface area contributed by atoms with Crippen LogP contribution in [-0.2, 0) is 9.59 Å². The first-order valence-electron chi connectivity index (χ1n) is 8.64. The van der Waals surface area contributed by atoms with E-state index in [1.54, 1.807) is 6.07 Å². The summed E-state index contributed by atoms with van der Waals surface area (Å²) in [6, 6.07) is 2.60. The second kappa shape index (κ2) is 4.80. The molecule has 3 fully saturated rings. The fourth-order valence-corrected chi connectivity index (χ4v) is 4.24. The quantitative estimate of drug-likeness (QED) is 0.844. The first kappa shape index (κ1) is 14.9. The number of piperidine rings is 1. The molecule has 130 valence electrons. The van der Waals surface area contributed by atoms with Crippen LogP contribution >= 0.6 is 0 Å². The van der Waals surface area contributed by atoms with Gasteiger partial charge in [0.2, 0.25) is 5.91 Å². The van der Waals surface area contributed by atoms with E-state index in [9.17, 15) is 23.9 Å². The van der Waals surface area contributed by atoms with Crippen LogP contribution in [-0.4, -0.2) is 41.9 Å². The van der Waals surface area contributed by atoms with Gasteiger partial charge in [0.15, 0.2) is 11.7 Å². The topological polar surface area (TPSA) is 77.9 Å². The fraction of sp³-hybridized carbons (Fsp3) is 0.500. The molecule has 2 aliphatic heterocycles. The Hall–Kier alpha value is -2.44. The Morgan fingerprint density at radius 1 is 1.12 bits per heavy atom. The molecule has 0 bridgehead atoms. The predicted octanol–water partition coefficient (Wildman–Crippen LogP) is 1.67. The highest BCUT2D eigenvalue weighted by Crippen LogP contribution is 2.48.